The molecule has 1 saturated carbocycles. The number of para-hydroxylation sites is 1. The highest BCUT2D eigenvalue weighted by atomic mass is 32.2. The van der Waals surface area contributed by atoms with E-state index < -0.39 is 0 Å². The molecule has 2 N–H and O–H groups in total. The molecule has 1 aromatic carbocycles. The maximum Gasteiger partial charge on any atom is 0.323 e. The molecule has 1 fully saturated rings. The maximum absolute atomic E-state index is 11.8. The molecule has 0 radical (unpaired) electrons. The first kappa shape index (κ1) is 13.5. The number of carbonyl (C=O) groups is 1. The second kappa shape index (κ2) is 5.89. The van der Waals surface area contributed by atoms with Crippen LogP contribution in [0.1, 0.15) is 12.8 Å². The number of carbonyl (C=O) groups excluding carboxylic acids is 1. The summed E-state index contributed by atoms with van der Waals surface area (Å²) in [6, 6.07) is 10.5. The van der Waals surface area contributed by atoms with Crippen LogP contribution in [0.5, 0.6) is 0 Å². The summed E-state index contributed by atoms with van der Waals surface area (Å²) in [6.45, 7) is 0. The van der Waals surface area contributed by atoms with E-state index in [0.717, 1.165) is 23.4 Å². The highest BCUT2D eigenvalue weighted by Gasteiger charge is 2.29. The van der Waals surface area contributed by atoms with Gasteiger partial charge < -0.3 is 15.0 Å². The van der Waals surface area contributed by atoms with Crippen LogP contribution in [0.15, 0.2) is 35.4 Å². The van der Waals surface area contributed by atoms with Gasteiger partial charge in [-0.3, -0.25) is 4.79 Å². The Kier molecular flexibility index (Phi) is 3.98. The number of aromatic nitrogens is 1. The van der Waals surface area contributed by atoms with E-state index >= 15 is 0 Å². The average molecular weight is 290 g/mol. The van der Waals surface area contributed by atoms with Gasteiger partial charge in [-0.15, -0.1) is 11.8 Å². The van der Waals surface area contributed by atoms with Crippen molar-refractivity contribution in [3.05, 3.63) is 30.3 Å². The van der Waals surface area contributed by atoms with E-state index in [1.807, 2.05) is 12.1 Å². The van der Waals surface area contributed by atoms with Gasteiger partial charge in [-0.25, -0.2) is 0 Å². The van der Waals surface area contributed by atoms with E-state index in [1.165, 1.54) is 12.5 Å². The van der Waals surface area contributed by atoms with Gasteiger partial charge in [0, 0.05) is 22.7 Å². The minimum absolute atomic E-state index is 0.180. The fraction of sp³-hybridized carbons (Fsp3) is 0.400. The van der Waals surface area contributed by atoms with Crippen LogP contribution in [0.3, 0.4) is 0 Å². The highest BCUT2D eigenvalue weighted by molar-refractivity contribution is 7.99. The second-order valence-corrected chi connectivity index (χ2v) is 6.11. The molecule has 20 heavy (non-hydrogen) atoms. The van der Waals surface area contributed by atoms with Crippen molar-refractivity contribution in [2.75, 3.05) is 12.9 Å². The first-order chi connectivity index (χ1) is 9.76. The van der Waals surface area contributed by atoms with Gasteiger partial charge in [-0.05, 0) is 25.0 Å². The number of benzene rings is 1. The number of hydrogen-bond acceptors (Lipinski definition) is 4. The molecule has 4 nitrogen and oxygen atoms in total. The zero-order chi connectivity index (χ0) is 13.9. The number of thioether (sulfide) groups is 1. The Morgan fingerprint density at radius 3 is 3.00 bits per heavy atom. The number of esters is 1. The molecule has 106 valence electrons. The smallest absolute Gasteiger partial charge is 0.323 e. The Hall–Kier alpha value is -1.46. The van der Waals surface area contributed by atoms with Crippen molar-refractivity contribution in [2.45, 2.75) is 30.0 Å². The first-order valence-electron chi connectivity index (χ1n) is 6.80. The molecule has 0 saturated heterocycles. The fourth-order valence-electron chi connectivity index (χ4n) is 2.16. The lowest BCUT2D eigenvalue weighted by molar-refractivity contribution is -0.142. The summed E-state index contributed by atoms with van der Waals surface area (Å²) in [4.78, 5) is 15.1. The predicted octanol–water partition coefficient (Wildman–Crippen LogP) is 2.55. The molecule has 0 bridgehead atoms. The molecule has 0 amide bonds. The lowest BCUT2D eigenvalue weighted by atomic mass is 10.3. The van der Waals surface area contributed by atoms with Crippen LogP contribution in [-0.4, -0.2) is 35.9 Å². The number of aromatic amines is 1. The quantitative estimate of drug-likeness (QED) is 0.634. The van der Waals surface area contributed by atoms with Gasteiger partial charge in [0.15, 0.2) is 0 Å². The second-order valence-electron chi connectivity index (χ2n) is 5.05. The summed E-state index contributed by atoms with van der Waals surface area (Å²) in [5, 5.41) is 5.61. The van der Waals surface area contributed by atoms with Crippen molar-refractivity contribution < 1.29 is 9.53 Å². The summed E-state index contributed by atoms with van der Waals surface area (Å²) in [5.41, 5.74) is 1.12. The molecule has 0 spiro atoms. The van der Waals surface area contributed by atoms with E-state index in [0.29, 0.717) is 11.8 Å². The molecular weight excluding hydrogens is 272 g/mol. The van der Waals surface area contributed by atoms with Gasteiger partial charge in [0.05, 0.1) is 12.1 Å². The number of ether oxygens (including phenoxy) is 1. The Labute approximate surface area is 122 Å². The largest absolute Gasteiger partial charge is 0.468 e. The summed E-state index contributed by atoms with van der Waals surface area (Å²) < 4.78 is 4.86. The van der Waals surface area contributed by atoms with Crippen LogP contribution in [-0.2, 0) is 9.53 Å². The van der Waals surface area contributed by atoms with Gasteiger partial charge in [-0.1, -0.05) is 18.2 Å². The number of methoxy groups -OCH3 is 1. The zero-order valence-electron chi connectivity index (χ0n) is 11.4. The van der Waals surface area contributed by atoms with Crippen LogP contribution in [0.25, 0.3) is 10.9 Å². The minimum Gasteiger partial charge on any atom is -0.468 e. The van der Waals surface area contributed by atoms with Crippen molar-refractivity contribution in [1.29, 1.82) is 0 Å². The third-order valence-corrected chi connectivity index (χ3v) is 4.44. The van der Waals surface area contributed by atoms with E-state index in [4.69, 9.17) is 4.74 Å². The van der Waals surface area contributed by atoms with Crippen LogP contribution in [0, 0.1) is 0 Å². The third-order valence-electron chi connectivity index (χ3n) is 3.41. The molecular formula is C15H18N2O2S. The van der Waals surface area contributed by atoms with Gasteiger partial charge in [-0.2, -0.15) is 0 Å². The molecule has 3 rings (SSSR count). The Morgan fingerprint density at radius 1 is 1.50 bits per heavy atom. The van der Waals surface area contributed by atoms with Crippen molar-refractivity contribution >= 4 is 28.6 Å². The van der Waals surface area contributed by atoms with Gasteiger partial charge >= 0.3 is 5.97 Å². The van der Waals surface area contributed by atoms with E-state index in [1.54, 1.807) is 11.8 Å². The van der Waals surface area contributed by atoms with Crippen LogP contribution < -0.4 is 5.32 Å². The van der Waals surface area contributed by atoms with E-state index in [-0.39, 0.29) is 12.0 Å². The van der Waals surface area contributed by atoms with Crippen LogP contribution in [0.4, 0.5) is 0 Å². The highest BCUT2D eigenvalue weighted by Crippen LogP contribution is 2.25. The zero-order valence-corrected chi connectivity index (χ0v) is 12.2. The molecule has 1 aliphatic rings. The molecule has 5 heteroatoms. The van der Waals surface area contributed by atoms with E-state index in [2.05, 4.69) is 28.5 Å². The third kappa shape index (κ3) is 3.16. The van der Waals surface area contributed by atoms with E-state index in [9.17, 15) is 4.79 Å². The first-order valence-corrected chi connectivity index (χ1v) is 7.79. The lowest BCUT2D eigenvalue weighted by Crippen LogP contribution is -2.40. The summed E-state index contributed by atoms with van der Waals surface area (Å²) in [5.74, 6) is 0.497. The molecule has 1 unspecified atom stereocenters. The molecule has 0 aliphatic heterocycles. The lowest BCUT2D eigenvalue weighted by Gasteiger charge is -2.15. The standard InChI is InChI=1S/C15H18N2O2S/c1-19-15(18)13(16-11-6-7-11)9-20-14-8-10-4-2-3-5-12(10)17-14/h2-5,8,11,13,16-17H,6-7,9H2,1H3. The van der Waals surface area contributed by atoms with Crippen molar-refractivity contribution in [2.24, 2.45) is 0 Å². The molecule has 1 aliphatic carbocycles. The van der Waals surface area contributed by atoms with Gasteiger partial charge in [0.2, 0.25) is 0 Å². The number of rotatable bonds is 6. The molecule has 1 heterocycles. The van der Waals surface area contributed by atoms with Crippen molar-refractivity contribution in [3.63, 3.8) is 0 Å². The molecule has 2 aromatic rings. The number of nitrogens with one attached hydrogen (secondary N) is 2. The number of H-pyrrole nitrogens is 1. The minimum atomic E-state index is -0.232. The number of hydrogen-bond donors (Lipinski definition) is 2. The summed E-state index contributed by atoms with van der Waals surface area (Å²) in [7, 11) is 1.44. The average Bonchev–Trinajstić information content (AvgIpc) is 3.19. The molecule has 1 atom stereocenters. The summed E-state index contributed by atoms with van der Waals surface area (Å²) >= 11 is 1.65. The topological polar surface area (TPSA) is 54.1 Å². The Bertz CT molecular complexity index is 574. The van der Waals surface area contributed by atoms with Crippen LogP contribution >= 0.6 is 11.8 Å². The van der Waals surface area contributed by atoms with Gasteiger partial charge in [0.1, 0.15) is 6.04 Å². The monoisotopic (exact) mass is 290 g/mol. The Morgan fingerprint density at radius 2 is 2.30 bits per heavy atom. The fourth-order valence-corrected chi connectivity index (χ4v) is 3.13. The van der Waals surface area contributed by atoms with Crippen LogP contribution in [0.2, 0.25) is 0 Å². The van der Waals surface area contributed by atoms with Crippen molar-refractivity contribution in [3.8, 4) is 0 Å². The van der Waals surface area contributed by atoms with Crippen molar-refractivity contribution in [1.82, 2.24) is 10.3 Å². The SMILES string of the molecule is COC(=O)C(CSc1cc2ccccc2[nH]1)NC1CC1. The normalized spacial score (nSPS) is 16.2. The van der Waals surface area contributed by atoms with Gasteiger partial charge in [0.25, 0.3) is 0 Å². The number of fused-ring (bicyclic) bond motifs is 1. The summed E-state index contributed by atoms with van der Waals surface area (Å²) in [6.07, 6.45) is 2.31. The maximum atomic E-state index is 11.8. The molecule has 1 aromatic heterocycles. The Balaban J connectivity index is 1.64. The predicted molar refractivity (Wildman–Crippen MR) is 81.0 cm³/mol.